The third kappa shape index (κ3) is 5.65. The Kier molecular flexibility index (Phi) is 7.32. The van der Waals surface area contributed by atoms with E-state index in [2.05, 4.69) is 16.8 Å². The zero-order chi connectivity index (χ0) is 26.9. The molecule has 37 heavy (non-hydrogen) atoms. The smallest absolute Gasteiger partial charge is 0.282 e. The van der Waals surface area contributed by atoms with E-state index < -0.39 is 17.1 Å². The Bertz CT molecular complexity index is 1430. The molecule has 1 fully saturated rings. The minimum absolute atomic E-state index is 0.236. The van der Waals surface area contributed by atoms with Gasteiger partial charge < -0.3 is 20.1 Å². The normalized spacial score (nSPS) is 16.0. The number of benzene rings is 1. The first-order chi connectivity index (χ1) is 17.5. The molecule has 1 atom stereocenters. The van der Waals surface area contributed by atoms with Crippen LogP contribution in [0.25, 0.3) is 10.9 Å². The van der Waals surface area contributed by atoms with Crippen molar-refractivity contribution < 1.29 is 18.7 Å². The highest BCUT2D eigenvalue weighted by Crippen LogP contribution is 2.34. The van der Waals surface area contributed by atoms with E-state index in [1.807, 2.05) is 20.8 Å². The number of nitrogens with two attached hydrogens (primary N) is 1. The highest BCUT2D eigenvalue weighted by atomic mass is 35.5. The van der Waals surface area contributed by atoms with E-state index >= 15 is 0 Å². The zero-order valence-electron chi connectivity index (χ0n) is 21.4. The Morgan fingerprint density at radius 2 is 1.89 bits per heavy atom. The quantitative estimate of drug-likeness (QED) is 0.390. The Balaban J connectivity index is 1.71. The highest BCUT2D eigenvalue weighted by Gasteiger charge is 2.32. The lowest BCUT2D eigenvalue weighted by Crippen LogP contribution is -2.30. The van der Waals surface area contributed by atoms with E-state index in [-0.39, 0.29) is 18.4 Å². The Morgan fingerprint density at radius 3 is 2.51 bits per heavy atom. The molecule has 1 saturated heterocycles. The number of likely N-dealkylation sites (tertiary alicyclic amines) is 1. The summed E-state index contributed by atoms with van der Waals surface area (Å²) in [4.78, 5) is 18.4. The van der Waals surface area contributed by atoms with Crippen LogP contribution in [-0.4, -0.2) is 52.9 Å². The van der Waals surface area contributed by atoms with E-state index in [9.17, 15) is 9.18 Å². The van der Waals surface area contributed by atoms with Gasteiger partial charge in [0.25, 0.3) is 5.91 Å². The van der Waals surface area contributed by atoms with Crippen molar-refractivity contribution in [3.63, 3.8) is 0 Å². The first-order valence-electron chi connectivity index (χ1n) is 11.8. The van der Waals surface area contributed by atoms with Gasteiger partial charge in [0.2, 0.25) is 0 Å². The number of fused-ring (bicyclic) bond motifs is 1. The summed E-state index contributed by atoms with van der Waals surface area (Å²) in [5, 5.41) is 5.61. The summed E-state index contributed by atoms with van der Waals surface area (Å²) in [6.07, 6.45) is 3.38. The van der Waals surface area contributed by atoms with Crippen LogP contribution in [-0.2, 0) is 4.79 Å². The van der Waals surface area contributed by atoms with Gasteiger partial charge in [0, 0.05) is 24.7 Å². The summed E-state index contributed by atoms with van der Waals surface area (Å²) in [6.45, 7) is 6.19. The van der Waals surface area contributed by atoms with E-state index in [1.165, 1.54) is 17.2 Å². The van der Waals surface area contributed by atoms with Crippen molar-refractivity contribution in [2.45, 2.75) is 33.2 Å². The van der Waals surface area contributed by atoms with Gasteiger partial charge in [0.15, 0.2) is 5.83 Å². The van der Waals surface area contributed by atoms with Crippen molar-refractivity contribution in [3.05, 3.63) is 52.6 Å². The third-order valence-electron chi connectivity index (χ3n) is 5.95. The first-order valence-corrected chi connectivity index (χ1v) is 12.1. The number of halogens is 2. The topological polar surface area (TPSA) is 95.5 Å². The number of amides is 1. The second-order valence-corrected chi connectivity index (χ2v) is 10.3. The molecule has 194 valence electrons. The van der Waals surface area contributed by atoms with Crippen LogP contribution >= 0.6 is 11.6 Å². The van der Waals surface area contributed by atoms with Crippen molar-refractivity contribution >= 4 is 34.2 Å². The molecule has 0 bridgehead atoms. The van der Waals surface area contributed by atoms with Crippen LogP contribution < -0.4 is 15.2 Å². The summed E-state index contributed by atoms with van der Waals surface area (Å²) in [6, 6.07) is 5.08. The number of carbonyl (C=O) groups is 1. The van der Waals surface area contributed by atoms with Gasteiger partial charge in [-0.3, -0.25) is 9.48 Å². The van der Waals surface area contributed by atoms with Crippen LogP contribution in [0.5, 0.6) is 11.5 Å². The SMILES string of the molecule is COc1cc(C#Cc2nn([C@H]3CCN(C(=O)/C(F)=C/C(C)(C)C)C3)c3c(Cl)cnc(N)c23)cc(OC)c1. The molecule has 8 nitrogen and oxygen atoms in total. The maximum absolute atomic E-state index is 14.6. The van der Waals surface area contributed by atoms with E-state index in [4.69, 9.17) is 31.9 Å². The second-order valence-electron chi connectivity index (χ2n) is 9.91. The molecule has 0 aliphatic carbocycles. The van der Waals surface area contributed by atoms with Gasteiger partial charge in [-0.1, -0.05) is 38.3 Å². The highest BCUT2D eigenvalue weighted by molar-refractivity contribution is 6.35. The molecule has 0 saturated carbocycles. The number of allylic oxidation sites excluding steroid dienone is 1. The number of rotatable bonds is 4. The minimum Gasteiger partial charge on any atom is -0.497 e. The number of anilines is 1. The molecule has 0 radical (unpaired) electrons. The summed E-state index contributed by atoms with van der Waals surface area (Å²) >= 11 is 6.53. The van der Waals surface area contributed by atoms with Gasteiger partial charge >= 0.3 is 0 Å². The maximum atomic E-state index is 14.6. The number of hydrogen-bond acceptors (Lipinski definition) is 6. The van der Waals surface area contributed by atoms with Crippen molar-refractivity contribution in [2.24, 2.45) is 5.41 Å². The number of methoxy groups -OCH3 is 2. The second kappa shape index (κ2) is 10.3. The molecule has 1 aliphatic heterocycles. The predicted octanol–water partition coefficient (Wildman–Crippen LogP) is 4.76. The van der Waals surface area contributed by atoms with Gasteiger partial charge in [0.05, 0.1) is 42.4 Å². The molecule has 3 heterocycles. The van der Waals surface area contributed by atoms with Crippen molar-refractivity contribution in [1.82, 2.24) is 19.7 Å². The van der Waals surface area contributed by atoms with Crippen molar-refractivity contribution in [2.75, 3.05) is 33.0 Å². The number of aromatic nitrogens is 3. The van der Waals surface area contributed by atoms with Crippen LogP contribution in [0.15, 0.2) is 36.3 Å². The van der Waals surface area contributed by atoms with Crippen LogP contribution in [0, 0.1) is 17.3 Å². The van der Waals surface area contributed by atoms with Crippen molar-refractivity contribution in [3.8, 4) is 23.3 Å². The standard InChI is InChI=1S/C27H29ClFN5O3/c1-27(2,3)13-21(29)26(35)33-9-8-17(15-33)34-24-20(28)14-31-25(30)23(24)22(32-34)7-6-16-10-18(36-4)12-19(11-16)37-5/h10-14,17H,8-9,15H2,1-5H3,(H2,30,31)/b21-13-/t17-/m0/s1. The fraction of sp³-hybridized carbons (Fsp3) is 0.370. The molecule has 2 aromatic heterocycles. The zero-order valence-corrected chi connectivity index (χ0v) is 22.2. The fourth-order valence-corrected chi connectivity index (χ4v) is 4.47. The lowest BCUT2D eigenvalue weighted by molar-refractivity contribution is -0.127. The van der Waals surface area contributed by atoms with Gasteiger partial charge in [0.1, 0.15) is 23.0 Å². The lowest BCUT2D eigenvalue weighted by atomic mass is 9.96. The average Bonchev–Trinajstić information content (AvgIpc) is 3.49. The first kappa shape index (κ1) is 26.3. The summed E-state index contributed by atoms with van der Waals surface area (Å²) < 4.78 is 27.0. The van der Waals surface area contributed by atoms with Crippen LogP contribution in [0.4, 0.5) is 10.2 Å². The average molecular weight is 526 g/mol. The summed E-state index contributed by atoms with van der Waals surface area (Å²) in [7, 11) is 3.13. The monoisotopic (exact) mass is 525 g/mol. The number of pyridine rings is 1. The minimum atomic E-state index is -0.759. The Labute approximate surface area is 220 Å². The number of hydrogen-bond donors (Lipinski definition) is 1. The Hall–Kier alpha value is -3.77. The molecule has 3 aromatic rings. The molecule has 1 amide bonds. The summed E-state index contributed by atoms with van der Waals surface area (Å²) in [5.41, 5.74) is 7.40. The van der Waals surface area contributed by atoms with E-state index in [0.29, 0.717) is 51.6 Å². The summed E-state index contributed by atoms with van der Waals surface area (Å²) in [5.74, 6) is 6.21. The van der Waals surface area contributed by atoms with E-state index in [0.717, 1.165) is 0 Å². The maximum Gasteiger partial charge on any atom is 0.282 e. The molecule has 1 aromatic carbocycles. The van der Waals surface area contributed by atoms with Crippen LogP contribution in [0.2, 0.25) is 5.02 Å². The van der Waals surface area contributed by atoms with Gasteiger partial charge in [-0.2, -0.15) is 5.10 Å². The molecule has 0 unspecified atom stereocenters. The van der Waals surface area contributed by atoms with Gasteiger partial charge in [-0.15, -0.1) is 0 Å². The van der Waals surface area contributed by atoms with Gasteiger partial charge in [-0.05, 0) is 36.0 Å². The number of nitrogen functional groups attached to an aromatic ring is 1. The number of carbonyl (C=O) groups excluding carboxylic acids is 1. The lowest BCUT2D eigenvalue weighted by Gasteiger charge is -2.18. The number of nitrogens with zero attached hydrogens (tertiary/aromatic N) is 4. The van der Waals surface area contributed by atoms with Gasteiger partial charge in [-0.25, -0.2) is 9.37 Å². The number of ether oxygens (including phenoxy) is 2. The molecule has 10 heteroatoms. The largest absolute Gasteiger partial charge is 0.497 e. The molecule has 0 spiro atoms. The molecule has 1 aliphatic rings. The van der Waals surface area contributed by atoms with Crippen LogP contribution in [0.3, 0.4) is 0 Å². The predicted molar refractivity (Wildman–Crippen MR) is 141 cm³/mol. The molecule has 4 rings (SSSR count). The Morgan fingerprint density at radius 1 is 1.22 bits per heavy atom. The fourth-order valence-electron chi connectivity index (χ4n) is 4.24. The van der Waals surface area contributed by atoms with Crippen LogP contribution in [0.1, 0.15) is 44.5 Å². The molecule has 2 N–H and O–H groups in total. The van der Waals surface area contributed by atoms with E-state index in [1.54, 1.807) is 37.1 Å². The molecular formula is C27H29ClFN5O3. The molecular weight excluding hydrogens is 497 g/mol. The van der Waals surface area contributed by atoms with Crippen molar-refractivity contribution in [1.29, 1.82) is 0 Å². The third-order valence-corrected chi connectivity index (χ3v) is 6.22.